The number of anilines is 1. The normalized spacial score (nSPS) is 15.5. The van der Waals surface area contributed by atoms with Crippen molar-refractivity contribution < 1.29 is 0 Å². The summed E-state index contributed by atoms with van der Waals surface area (Å²) < 4.78 is 0.891. The van der Waals surface area contributed by atoms with E-state index in [2.05, 4.69) is 52.1 Å². The maximum absolute atomic E-state index is 6.07. The van der Waals surface area contributed by atoms with Gasteiger partial charge in [0.15, 0.2) is 0 Å². The molecule has 0 radical (unpaired) electrons. The standard InChI is InChI=1S/C17H20BrN3/c1-11-6-8-12(9-7-11)10-14-20-16(13-4-2-3-5-13)15(18)17(19)21-14/h6-9,13H,2-5,10H2,1H3,(H2,19,20,21). The second-order valence-electron chi connectivity index (χ2n) is 5.87. The van der Waals surface area contributed by atoms with Crippen molar-refractivity contribution in [3.8, 4) is 0 Å². The van der Waals surface area contributed by atoms with Gasteiger partial charge in [0, 0.05) is 12.3 Å². The molecule has 1 aromatic heterocycles. The Hall–Kier alpha value is -1.42. The second kappa shape index (κ2) is 6.14. The first kappa shape index (κ1) is 14.5. The molecular formula is C17H20BrN3. The highest BCUT2D eigenvalue weighted by Crippen LogP contribution is 2.38. The molecule has 1 aromatic carbocycles. The molecule has 0 aliphatic heterocycles. The smallest absolute Gasteiger partial charge is 0.141 e. The molecule has 3 rings (SSSR count). The van der Waals surface area contributed by atoms with E-state index in [0.29, 0.717) is 11.7 Å². The van der Waals surface area contributed by atoms with Gasteiger partial charge < -0.3 is 5.73 Å². The summed E-state index contributed by atoms with van der Waals surface area (Å²) >= 11 is 3.57. The molecule has 2 N–H and O–H groups in total. The van der Waals surface area contributed by atoms with E-state index in [1.165, 1.54) is 36.8 Å². The lowest BCUT2D eigenvalue weighted by Gasteiger charge is -2.14. The first-order chi connectivity index (χ1) is 10.1. The number of aryl methyl sites for hydroxylation is 1. The van der Waals surface area contributed by atoms with Crippen molar-refractivity contribution >= 4 is 21.7 Å². The number of nitrogen functional groups attached to an aromatic ring is 1. The molecule has 21 heavy (non-hydrogen) atoms. The Morgan fingerprint density at radius 1 is 1.14 bits per heavy atom. The van der Waals surface area contributed by atoms with Crippen LogP contribution >= 0.6 is 15.9 Å². The molecule has 1 aliphatic rings. The highest BCUT2D eigenvalue weighted by atomic mass is 79.9. The summed E-state index contributed by atoms with van der Waals surface area (Å²) in [6.45, 7) is 2.09. The summed E-state index contributed by atoms with van der Waals surface area (Å²) in [6.07, 6.45) is 5.72. The fraction of sp³-hybridized carbons (Fsp3) is 0.412. The zero-order chi connectivity index (χ0) is 14.8. The average molecular weight is 346 g/mol. The van der Waals surface area contributed by atoms with Crippen molar-refractivity contribution in [2.75, 3.05) is 5.73 Å². The third kappa shape index (κ3) is 3.26. The molecule has 1 aliphatic carbocycles. The molecule has 4 heteroatoms. The summed E-state index contributed by atoms with van der Waals surface area (Å²) in [7, 11) is 0. The van der Waals surface area contributed by atoms with Crippen LogP contribution in [0.15, 0.2) is 28.7 Å². The van der Waals surface area contributed by atoms with E-state index < -0.39 is 0 Å². The van der Waals surface area contributed by atoms with Crippen LogP contribution in [0.4, 0.5) is 5.82 Å². The van der Waals surface area contributed by atoms with Gasteiger partial charge >= 0.3 is 0 Å². The SMILES string of the molecule is Cc1ccc(Cc2nc(N)c(Br)c(C3CCCC3)n2)cc1. The predicted molar refractivity (Wildman–Crippen MR) is 89.3 cm³/mol. The van der Waals surface area contributed by atoms with Crippen LogP contribution < -0.4 is 5.73 Å². The molecule has 1 saturated carbocycles. The lowest BCUT2D eigenvalue weighted by Crippen LogP contribution is -2.08. The Bertz CT molecular complexity index is 631. The van der Waals surface area contributed by atoms with E-state index in [1.807, 2.05) is 0 Å². The maximum Gasteiger partial charge on any atom is 0.141 e. The van der Waals surface area contributed by atoms with E-state index in [-0.39, 0.29) is 0 Å². The first-order valence-corrected chi connectivity index (χ1v) is 8.30. The van der Waals surface area contributed by atoms with Crippen LogP contribution in [-0.4, -0.2) is 9.97 Å². The van der Waals surface area contributed by atoms with Gasteiger partial charge in [0.25, 0.3) is 0 Å². The van der Waals surface area contributed by atoms with Crippen molar-refractivity contribution in [3.05, 3.63) is 51.4 Å². The van der Waals surface area contributed by atoms with Gasteiger partial charge in [-0.05, 0) is 41.3 Å². The van der Waals surface area contributed by atoms with Crippen LogP contribution in [0.2, 0.25) is 0 Å². The van der Waals surface area contributed by atoms with E-state index in [0.717, 1.165) is 22.4 Å². The van der Waals surface area contributed by atoms with E-state index in [9.17, 15) is 0 Å². The minimum absolute atomic E-state index is 0.529. The minimum Gasteiger partial charge on any atom is -0.383 e. The number of rotatable bonds is 3. The Morgan fingerprint density at radius 3 is 2.48 bits per heavy atom. The molecule has 1 heterocycles. The van der Waals surface area contributed by atoms with Crippen LogP contribution in [0, 0.1) is 6.92 Å². The highest BCUT2D eigenvalue weighted by molar-refractivity contribution is 9.10. The number of benzene rings is 1. The van der Waals surface area contributed by atoms with Gasteiger partial charge in [-0.3, -0.25) is 0 Å². The fourth-order valence-electron chi connectivity index (χ4n) is 2.97. The summed E-state index contributed by atoms with van der Waals surface area (Å²) in [5.74, 6) is 1.91. The number of halogens is 1. The zero-order valence-electron chi connectivity index (χ0n) is 12.3. The average Bonchev–Trinajstić information content (AvgIpc) is 2.99. The minimum atomic E-state index is 0.529. The van der Waals surface area contributed by atoms with Crippen LogP contribution in [-0.2, 0) is 6.42 Å². The summed E-state index contributed by atoms with van der Waals surface area (Å²) in [4.78, 5) is 9.24. The predicted octanol–water partition coefficient (Wildman–Crippen LogP) is 4.38. The van der Waals surface area contributed by atoms with Gasteiger partial charge in [0.2, 0.25) is 0 Å². The molecule has 110 valence electrons. The number of nitrogens with zero attached hydrogens (tertiary/aromatic N) is 2. The zero-order valence-corrected chi connectivity index (χ0v) is 13.9. The van der Waals surface area contributed by atoms with Gasteiger partial charge in [-0.15, -0.1) is 0 Å². The largest absolute Gasteiger partial charge is 0.383 e. The van der Waals surface area contributed by atoms with Crippen LogP contribution in [0.1, 0.15) is 54.2 Å². The molecule has 0 bridgehead atoms. The van der Waals surface area contributed by atoms with Crippen LogP contribution in [0.5, 0.6) is 0 Å². The fourth-order valence-corrected chi connectivity index (χ4v) is 3.47. The second-order valence-corrected chi connectivity index (χ2v) is 6.66. The lowest BCUT2D eigenvalue weighted by atomic mass is 10.0. The van der Waals surface area contributed by atoms with E-state index >= 15 is 0 Å². The van der Waals surface area contributed by atoms with Crippen LogP contribution in [0.3, 0.4) is 0 Å². The van der Waals surface area contributed by atoms with E-state index in [1.54, 1.807) is 0 Å². The third-order valence-corrected chi connectivity index (χ3v) is 4.99. The van der Waals surface area contributed by atoms with Crippen molar-refractivity contribution in [2.45, 2.75) is 44.9 Å². The molecule has 3 nitrogen and oxygen atoms in total. The molecule has 0 saturated heterocycles. The third-order valence-electron chi connectivity index (χ3n) is 4.17. The Labute approximate surface area is 134 Å². The van der Waals surface area contributed by atoms with Gasteiger partial charge in [-0.1, -0.05) is 42.7 Å². The Morgan fingerprint density at radius 2 is 1.81 bits per heavy atom. The monoisotopic (exact) mass is 345 g/mol. The molecule has 1 fully saturated rings. The number of aromatic nitrogens is 2. The number of hydrogen-bond donors (Lipinski definition) is 1. The molecular weight excluding hydrogens is 326 g/mol. The van der Waals surface area contributed by atoms with Gasteiger partial charge in [0.1, 0.15) is 11.6 Å². The quantitative estimate of drug-likeness (QED) is 0.897. The van der Waals surface area contributed by atoms with Crippen LogP contribution in [0.25, 0.3) is 0 Å². The van der Waals surface area contributed by atoms with E-state index in [4.69, 9.17) is 10.7 Å². The summed E-state index contributed by atoms with van der Waals surface area (Å²) in [5, 5.41) is 0. The molecule has 2 aromatic rings. The van der Waals surface area contributed by atoms with Crippen molar-refractivity contribution in [1.82, 2.24) is 9.97 Å². The first-order valence-electron chi connectivity index (χ1n) is 7.51. The summed E-state index contributed by atoms with van der Waals surface area (Å²) in [5.41, 5.74) is 9.66. The van der Waals surface area contributed by atoms with Crippen molar-refractivity contribution in [1.29, 1.82) is 0 Å². The lowest BCUT2D eigenvalue weighted by molar-refractivity contribution is 0.682. The maximum atomic E-state index is 6.07. The van der Waals surface area contributed by atoms with Gasteiger partial charge in [0.05, 0.1) is 10.2 Å². The highest BCUT2D eigenvalue weighted by Gasteiger charge is 2.23. The Balaban J connectivity index is 1.90. The molecule has 0 amide bonds. The topological polar surface area (TPSA) is 51.8 Å². The Kier molecular flexibility index (Phi) is 4.24. The molecule has 0 unspecified atom stereocenters. The molecule has 0 atom stereocenters. The van der Waals surface area contributed by atoms with Gasteiger partial charge in [-0.2, -0.15) is 0 Å². The van der Waals surface area contributed by atoms with Gasteiger partial charge in [-0.25, -0.2) is 9.97 Å². The van der Waals surface area contributed by atoms with Crippen molar-refractivity contribution in [3.63, 3.8) is 0 Å². The number of nitrogens with two attached hydrogens (primary N) is 1. The summed E-state index contributed by atoms with van der Waals surface area (Å²) in [6, 6.07) is 8.50. The number of hydrogen-bond acceptors (Lipinski definition) is 3. The van der Waals surface area contributed by atoms with Crippen molar-refractivity contribution in [2.24, 2.45) is 0 Å². The molecule has 0 spiro atoms.